The van der Waals surface area contributed by atoms with E-state index in [-0.39, 0.29) is 0 Å². The average molecular weight is 359 g/mol. The third-order valence-electron chi connectivity index (χ3n) is 5.41. The number of rotatable bonds is 7. The molecule has 2 nitrogen and oxygen atoms in total. The monoisotopic (exact) mass is 358 g/mol. The van der Waals surface area contributed by atoms with Crippen molar-refractivity contribution in [3.8, 4) is 0 Å². The minimum absolute atomic E-state index is 0.763. The summed E-state index contributed by atoms with van der Waals surface area (Å²) in [5.41, 5.74) is 0. The zero-order valence-corrected chi connectivity index (χ0v) is 15.8. The second kappa shape index (κ2) is 9.52. The van der Waals surface area contributed by atoms with Crippen LogP contribution in [0.3, 0.4) is 0 Å². The van der Waals surface area contributed by atoms with Crippen LogP contribution in [-0.4, -0.2) is 54.9 Å². The molecule has 2 aliphatic carbocycles. The SMILES string of the molecule is CN(C)CCN(CC1CCCCC1)CC1CCCCC1Br. The predicted molar refractivity (Wildman–Crippen MR) is 96.2 cm³/mol. The normalized spacial score (nSPS) is 28.4. The van der Waals surface area contributed by atoms with Crippen LogP contribution in [0.5, 0.6) is 0 Å². The summed E-state index contributed by atoms with van der Waals surface area (Å²) in [6.45, 7) is 5.12. The van der Waals surface area contributed by atoms with Crippen molar-refractivity contribution in [1.29, 1.82) is 0 Å². The molecule has 0 aromatic rings. The van der Waals surface area contributed by atoms with Crippen molar-refractivity contribution in [2.24, 2.45) is 11.8 Å². The molecule has 2 fully saturated rings. The smallest absolute Gasteiger partial charge is 0.0186 e. The maximum absolute atomic E-state index is 3.95. The Morgan fingerprint density at radius 1 is 0.810 bits per heavy atom. The maximum atomic E-state index is 3.95. The van der Waals surface area contributed by atoms with Gasteiger partial charge >= 0.3 is 0 Å². The maximum Gasteiger partial charge on any atom is 0.0186 e. The van der Waals surface area contributed by atoms with Gasteiger partial charge in [0.25, 0.3) is 0 Å². The summed E-state index contributed by atoms with van der Waals surface area (Å²) in [6.07, 6.45) is 13.0. The molecule has 2 unspecified atom stereocenters. The number of hydrogen-bond acceptors (Lipinski definition) is 2. The molecule has 0 saturated heterocycles. The van der Waals surface area contributed by atoms with Crippen LogP contribution in [-0.2, 0) is 0 Å². The van der Waals surface area contributed by atoms with Gasteiger partial charge in [-0.1, -0.05) is 48.0 Å². The molecule has 0 radical (unpaired) electrons. The Hall–Kier alpha value is 0.400. The molecule has 2 saturated carbocycles. The summed E-state index contributed by atoms with van der Waals surface area (Å²) in [4.78, 5) is 5.89. The zero-order valence-electron chi connectivity index (χ0n) is 14.2. The Kier molecular flexibility index (Phi) is 8.05. The van der Waals surface area contributed by atoms with Gasteiger partial charge in [-0.3, -0.25) is 0 Å². The molecule has 21 heavy (non-hydrogen) atoms. The molecular formula is C18H35BrN2. The van der Waals surface area contributed by atoms with Crippen molar-refractivity contribution in [2.45, 2.75) is 62.6 Å². The highest BCUT2D eigenvalue weighted by molar-refractivity contribution is 9.09. The number of likely N-dealkylation sites (N-methyl/N-ethyl adjacent to an activating group) is 1. The van der Waals surface area contributed by atoms with Gasteiger partial charge in [0.1, 0.15) is 0 Å². The first-order valence-corrected chi connectivity index (χ1v) is 10.1. The Morgan fingerprint density at radius 2 is 1.48 bits per heavy atom. The number of hydrogen-bond donors (Lipinski definition) is 0. The van der Waals surface area contributed by atoms with Crippen molar-refractivity contribution < 1.29 is 0 Å². The Bertz CT molecular complexity index is 276. The van der Waals surface area contributed by atoms with E-state index in [0.29, 0.717) is 0 Å². The molecule has 124 valence electrons. The van der Waals surface area contributed by atoms with E-state index in [1.165, 1.54) is 84.0 Å². The lowest BCUT2D eigenvalue weighted by Gasteiger charge is -2.36. The third-order valence-corrected chi connectivity index (χ3v) is 6.62. The van der Waals surface area contributed by atoms with Gasteiger partial charge in [-0.15, -0.1) is 0 Å². The minimum atomic E-state index is 0.763. The van der Waals surface area contributed by atoms with Crippen LogP contribution < -0.4 is 0 Å². The highest BCUT2D eigenvalue weighted by Gasteiger charge is 2.26. The van der Waals surface area contributed by atoms with Crippen LogP contribution in [0.25, 0.3) is 0 Å². The van der Waals surface area contributed by atoms with E-state index in [4.69, 9.17) is 0 Å². The average Bonchev–Trinajstić information content (AvgIpc) is 2.48. The topological polar surface area (TPSA) is 6.48 Å². The van der Waals surface area contributed by atoms with E-state index in [9.17, 15) is 0 Å². The van der Waals surface area contributed by atoms with Crippen LogP contribution in [0.2, 0.25) is 0 Å². The lowest BCUT2D eigenvalue weighted by Crippen LogP contribution is -2.41. The number of halogens is 1. The van der Waals surface area contributed by atoms with E-state index in [1.807, 2.05) is 0 Å². The van der Waals surface area contributed by atoms with Crippen LogP contribution in [0.15, 0.2) is 0 Å². The van der Waals surface area contributed by atoms with Crippen LogP contribution >= 0.6 is 15.9 Å². The third kappa shape index (κ3) is 6.58. The molecule has 0 aromatic carbocycles. The Balaban J connectivity index is 1.84. The van der Waals surface area contributed by atoms with Gasteiger partial charge in [0.2, 0.25) is 0 Å². The molecule has 2 rings (SSSR count). The van der Waals surface area contributed by atoms with E-state index >= 15 is 0 Å². The van der Waals surface area contributed by atoms with Crippen LogP contribution in [0.1, 0.15) is 57.8 Å². The van der Waals surface area contributed by atoms with Gasteiger partial charge in [-0.05, 0) is 51.6 Å². The number of nitrogens with zero attached hydrogens (tertiary/aromatic N) is 2. The lowest BCUT2D eigenvalue weighted by atomic mass is 9.86. The fourth-order valence-electron chi connectivity index (χ4n) is 4.03. The Labute approximate surface area is 140 Å². The van der Waals surface area contributed by atoms with Crippen molar-refractivity contribution in [2.75, 3.05) is 40.3 Å². The molecule has 0 aliphatic heterocycles. The summed E-state index contributed by atoms with van der Waals surface area (Å²) in [7, 11) is 4.40. The van der Waals surface area contributed by atoms with Crippen molar-refractivity contribution in [1.82, 2.24) is 9.80 Å². The van der Waals surface area contributed by atoms with Gasteiger partial charge in [0, 0.05) is 31.0 Å². The summed E-state index contributed by atoms with van der Waals surface area (Å²) in [5.74, 6) is 1.85. The van der Waals surface area contributed by atoms with Crippen molar-refractivity contribution in [3.63, 3.8) is 0 Å². The molecule has 0 amide bonds. The van der Waals surface area contributed by atoms with E-state index < -0.39 is 0 Å². The van der Waals surface area contributed by atoms with Crippen LogP contribution in [0.4, 0.5) is 0 Å². The first-order chi connectivity index (χ1) is 10.1. The largest absolute Gasteiger partial charge is 0.308 e. The summed E-state index contributed by atoms with van der Waals surface area (Å²) < 4.78 is 0. The number of alkyl halides is 1. The fourth-order valence-corrected chi connectivity index (χ4v) is 4.79. The second-order valence-electron chi connectivity index (χ2n) is 7.63. The van der Waals surface area contributed by atoms with Gasteiger partial charge in [-0.2, -0.15) is 0 Å². The summed E-state index contributed by atoms with van der Waals surface area (Å²) >= 11 is 3.95. The van der Waals surface area contributed by atoms with Gasteiger partial charge in [0.05, 0.1) is 0 Å². The quantitative estimate of drug-likeness (QED) is 0.622. The lowest BCUT2D eigenvalue weighted by molar-refractivity contribution is 0.152. The molecule has 2 atom stereocenters. The summed E-state index contributed by atoms with van der Waals surface area (Å²) in [5, 5.41) is 0. The first-order valence-electron chi connectivity index (χ1n) is 9.16. The molecular weight excluding hydrogens is 324 g/mol. The fraction of sp³-hybridized carbons (Fsp3) is 1.00. The molecule has 3 heteroatoms. The predicted octanol–water partition coefficient (Wildman–Crippen LogP) is 4.38. The zero-order chi connectivity index (χ0) is 15.1. The minimum Gasteiger partial charge on any atom is -0.308 e. The van der Waals surface area contributed by atoms with Crippen molar-refractivity contribution >= 4 is 15.9 Å². The molecule has 0 N–H and O–H groups in total. The highest BCUT2D eigenvalue weighted by atomic mass is 79.9. The molecule has 0 spiro atoms. The van der Waals surface area contributed by atoms with Gasteiger partial charge < -0.3 is 9.80 Å². The molecule has 0 aromatic heterocycles. The molecule has 0 bridgehead atoms. The Morgan fingerprint density at radius 3 is 2.14 bits per heavy atom. The molecule has 2 aliphatic rings. The standard InChI is InChI=1S/C18H35BrN2/c1-20(2)12-13-21(14-16-8-4-3-5-9-16)15-17-10-6-7-11-18(17)19/h16-18H,3-15H2,1-2H3. The molecule has 0 heterocycles. The van der Waals surface area contributed by atoms with Gasteiger partial charge in [0.15, 0.2) is 0 Å². The van der Waals surface area contributed by atoms with Crippen LogP contribution in [0, 0.1) is 11.8 Å². The van der Waals surface area contributed by atoms with Crippen molar-refractivity contribution in [3.05, 3.63) is 0 Å². The van der Waals surface area contributed by atoms with E-state index in [2.05, 4.69) is 39.8 Å². The highest BCUT2D eigenvalue weighted by Crippen LogP contribution is 2.31. The van der Waals surface area contributed by atoms with E-state index in [0.717, 1.165) is 16.7 Å². The first kappa shape index (κ1) is 17.7. The second-order valence-corrected chi connectivity index (χ2v) is 8.80. The summed E-state index contributed by atoms with van der Waals surface area (Å²) in [6, 6.07) is 0. The van der Waals surface area contributed by atoms with Gasteiger partial charge in [-0.25, -0.2) is 0 Å². The van der Waals surface area contributed by atoms with E-state index in [1.54, 1.807) is 0 Å².